The van der Waals surface area contributed by atoms with Crippen molar-refractivity contribution in [1.82, 2.24) is 4.98 Å². The van der Waals surface area contributed by atoms with Gasteiger partial charge in [-0.1, -0.05) is 0 Å². The first-order chi connectivity index (χ1) is 6.72. The largest absolute Gasteiger partial charge is 0.469 e. The molecule has 0 aromatic carbocycles. The second-order valence-electron chi connectivity index (χ2n) is 2.97. The van der Waals surface area contributed by atoms with Gasteiger partial charge in [0, 0.05) is 12.7 Å². The molecule has 0 atom stereocenters. The van der Waals surface area contributed by atoms with Gasteiger partial charge in [0.05, 0.1) is 13.5 Å². The molecule has 1 N–H and O–H groups in total. The molecule has 0 aliphatic rings. The number of hydrogen-bond donors (Lipinski definition) is 1. The Hall–Kier alpha value is -1.58. The molecule has 0 amide bonds. The van der Waals surface area contributed by atoms with Gasteiger partial charge in [-0.15, -0.1) is 0 Å². The van der Waals surface area contributed by atoms with E-state index in [1.165, 1.54) is 7.11 Å². The predicted molar refractivity (Wildman–Crippen MR) is 54.1 cm³/mol. The number of aromatic nitrogens is 1. The number of carbonyl (C=O) groups excluding carboxylic acids is 1. The van der Waals surface area contributed by atoms with Crippen LogP contribution in [0.15, 0.2) is 18.3 Å². The van der Waals surface area contributed by atoms with Crippen LogP contribution in [0.1, 0.15) is 12.0 Å². The number of rotatable bonds is 4. The second-order valence-corrected chi connectivity index (χ2v) is 2.97. The van der Waals surface area contributed by atoms with Crippen LogP contribution in [-0.4, -0.2) is 24.6 Å². The molecule has 0 bridgehead atoms. The van der Waals surface area contributed by atoms with E-state index in [1.807, 2.05) is 19.1 Å². The lowest BCUT2D eigenvalue weighted by Crippen LogP contribution is -2.10. The van der Waals surface area contributed by atoms with Gasteiger partial charge in [-0.3, -0.25) is 4.79 Å². The third-order valence-corrected chi connectivity index (χ3v) is 1.78. The lowest BCUT2D eigenvalue weighted by atomic mass is 10.3. The summed E-state index contributed by atoms with van der Waals surface area (Å²) in [6.45, 7) is 2.54. The quantitative estimate of drug-likeness (QED) is 0.735. The maximum absolute atomic E-state index is 10.8. The Labute approximate surface area is 83.3 Å². The van der Waals surface area contributed by atoms with Crippen LogP contribution in [0.4, 0.5) is 5.82 Å². The smallest absolute Gasteiger partial charge is 0.307 e. The number of anilines is 1. The summed E-state index contributed by atoms with van der Waals surface area (Å²) in [4.78, 5) is 14.9. The number of methoxy groups -OCH3 is 1. The van der Waals surface area contributed by atoms with Crippen LogP contribution >= 0.6 is 0 Å². The van der Waals surface area contributed by atoms with Gasteiger partial charge < -0.3 is 10.1 Å². The fourth-order valence-corrected chi connectivity index (χ4v) is 1.03. The number of nitrogens with zero attached hydrogens (tertiary/aromatic N) is 1. The Bertz CT molecular complexity index is 313. The van der Waals surface area contributed by atoms with Crippen LogP contribution < -0.4 is 5.32 Å². The van der Waals surface area contributed by atoms with E-state index in [-0.39, 0.29) is 5.97 Å². The molecule has 1 heterocycles. The fourth-order valence-electron chi connectivity index (χ4n) is 1.03. The molecule has 0 spiro atoms. The number of nitrogens with one attached hydrogen (secondary N) is 1. The fraction of sp³-hybridized carbons (Fsp3) is 0.400. The molecule has 4 heteroatoms. The molecule has 14 heavy (non-hydrogen) atoms. The predicted octanol–water partition coefficient (Wildman–Crippen LogP) is 1.37. The van der Waals surface area contributed by atoms with E-state index < -0.39 is 0 Å². The molecule has 0 fully saturated rings. The molecule has 0 unspecified atom stereocenters. The third-order valence-electron chi connectivity index (χ3n) is 1.78. The van der Waals surface area contributed by atoms with Crippen molar-refractivity contribution < 1.29 is 9.53 Å². The van der Waals surface area contributed by atoms with Crippen LogP contribution in [0.5, 0.6) is 0 Å². The lowest BCUT2D eigenvalue weighted by molar-refractivity contribution is -0.140. The molecular formula is C10H14N2O2. The zero-order valence-corrected chi connectivity index (χ0v) is 8.41. The van der Waals surface area contributed by atoms with E-state index >= 15 is 0 Å². The molecule has 4 nitrogen and oxygen atoms in total. The van der Waals surface area contributed by atoms with Crippen molar-refractivity contribution in [3.63, 3.8) is 0 Å². The molecule has 1 aromatic rings. The molecule has 0 saturated carbocycles. The van der Waals surface area contributed by atoms with E-state index in [2.05, 4.69) is 15.0 Å². The number of pyridine rings is 1. The van der Waals surface area contributed by atoms with Gasteiger partial charge in [0.2, 0.25) is 0 Å². The average molecular weight is 194 g/mol. The maximum Gasteiger partial charge on any atom is 0.307 e. The Morgan fingerprint density at radius 1 is 1.64 bits per heavy atom. The SMILES string of the molecule is COC(=O)CCNc1cc(C)ccn1. The Morgan fingerprint density at radius 2 is 2.43 bits per heavy atom. The normalized spacial score (nSPS) is 9.57. The lowest BCUT2D eigenvalue weighted by Gasteiger charge is -2.04. The monoisotopic (exact) mass is 194 g/mol. The minimum Gasteiger partial charge on any atom is -0.469 e. The molecule has 1 rings (SSSR count). The molecule has 0 saturated heterocycles. The first kappa shape index (κ1) is 10.5. The summed E-state index contributed by atoms with van der Waals surface area (Å²) in [7, 11) is 1.38. The van der Waals surface area contributed by atoms with E-state index in [1.54, 1.807) is 6.20 Å². The number of hydrogen-bond acceptors (Lipinski definition) is 4. The van der Waals surface area contributed by atoms with E-state index in [0.29, 0.717) is 13.0 Å². The van der Waals surface area contributed by atoms with Gasteiger partial charge in [-0.05, 0) is 24.6 Å². The van der Waals surface area contributed by atoms with Gasteiger partial charge >= 0.3 is 5.97 Å². The topological polar surface area (TPSA) is 51.2 Å². The van der Waals surface area contributed by atoms with Crippen molar-refractivity contribution in [3.8, 4) is 0 Å². The van der Waals surface area contributed by atoms with Gasteiger partial charge in [0.25, 0.3) is 0 Å². The number of aryl methyl sites for hydroxylation is 1. The number of carbonyl (C=O) groups is 1. The highest BCUT2D eigenvalue weighted by molar-refractivity contribution is 5.69. The van der Waals surface area contributed by atoms with Gasteiger partial charge in [0.15, 0.2) is 0 Å². The molecule has 0 aliphatic heterocycles. The standard InChI is InChI=1S/C10H14N2O2/c1-8-3-5-11-9(7-8)12-6-4-10(13)14-2/h3,5,7H,4,6H2,1-2H3,(H,11,12). The Balaban J connectivity index is 2.35. The molecular weight excluding hydrogens is 180 g/mol. The van der Waals surface area contributed by atoms with Crippen molar-refractivity contribution in [3.05, 3.63) is 23.9 Å². The maximum atomic E-state index is 10.8. The first-order valence-corrected chi connectivity index (χ1v) is 4.45. The summed E-state index contributed by atoms with van der Waals surface area (Å²) in [5.41, 5.74) is 1.14. The van der Waals surface area contributed by atoms with E-state index in [9.17, 15) is 4.79 Å². The number of esters is 1. The minimum absolute atomic E-state index is 0.217. The summed E-state index contributed by atoms with van der Waals surface area (Å²) in [5, 5.41) is 3.04. The van der Waals surface area contributed by atoms with Gasteiger partial charge in [-0.2, -0.15) is 0 Å². The Kier molecular flexibility index (Phi) is 3.91. The molecule has 0 radical (unpaired) electrons. The zero-order valence-electron chi connectivity index (χ0n) is 8.41. The summed E-state index contributed by atoms with van der Waals surface area (Å²) in [5.74, 6) is 0.569. The average Bonchev–Trinajstić information content (AvgIpc) is 2.17. The Morgan fingerprint density at radius 3 is 3.07 bits per heavy atom. The van der Waals surface area contributed by atoms with Crippen LogP contribution in [0.25, 0.3) is 0 Å². The summed E-state index contributed by atoms with van der Waals surface area (Å²) in [6, 6.07) is 3.85. The number of ether oxygens (including phenoxy) is 1. The van der Waals surface area contributed by atoms with Crippen molar-refractivity contribution in [2.24, 2.45) is 0 Å². The van der Waals surface area contributed by atoms with Gasteiger partial charge in [-0.25, -0.2) is 4.98 Å². The van der Waals surface area contributed by atoms with Crippen LogP contribution in [0.3, 0.4) is 0 Å². The third kappa shape index (κ3) is 3.43. The minimum atomic E-state index is -0.217. The van der Waals surface area contributed by atoms with Crippen molar-refractivity contribution in [2.75, 3.05) is 19.0 Å². The van der Waals surface area contributed by atoms with Crippen LogP contribution in [0.2, 0.25) is 0 Å². The highest BCUT2D eigenvalue weighted by Crippen LogP contribution is 2.04. The van der Waals surface area contributed by atoms with Crippen molar-refractivity contribution in [1.29, 1.82) is 0 Å². The van der Waals surface area contributed by atoms with Gasteiger partial charge in [0.1, 0.15) is 5.82 Å². The molecule has 1 aromatic heterocycles. The van der Waals surface area contributed by atoms with Crippen molar-refractivity contribution >= 4 is 11.8 Å². The van der Waals surface area contributed by atoms with Crippen LogP contribution in [-0.2, 0) is 9.53 Å². The second kappa shape index (κ2) is 5.21. The van der Waals surface area contributed by atoms with E-state index in [0.717, 1.165) is 11.4 Å². The highest BCUT2D eigenvalue weighted by atomic mass is 16.5. The summed E-state index contributed by atoms with van der Waals surface area (Å²) in [6.07, 6.45) is 2.09. The summed E-state index contributed by atoms with van der Waals surface area (Å²) < 4.78 is 4.51. The van der Waals surface area contributed by atoms with Crippen LogP contribution in [0, 0.1) is 6.92 Å². The zero-order chi connectivity index (χ0) is 10.4. The summed E-state index contributed by atoms with van der Waals surface area (Å²) >= 11 is 0. The first-order valence-electron chi connectivity index (χ1n) is 4.45. The van der Waals surface area contributed by atoms with E-state index in [4.69, 9.17) is 0 Å². The molecule has 0 aliphatic carbocycles. The highest BCUT2D eigenvalue weighted by Gasteiger charge is 1.99. The molecule has 76 valence electrons. The van der Waals surface area contributed by atoms with Crippen molar-refractivity contribution in [2.45, 2.75) is 13.3 Å².